The van der Waals surface area contributed by atoms with Crippen LogP contribution in [-0.4, -0.2) is 34.8 Å². The lowest BCUT2D eigenvalue weighted by Gasteiger charge is -2.30. The lowest BCUT2D eigenvalue weighted by molar-refractivity contribution is 0.0950. The summed E-state index contributed by atoms with van der Waals surface area (Å²) in [5.41, 5.74) is 3.22. The number of aliphatic imine (C=N–C) groups is 1. The Morgan fingerprint density at radius 3 is 2.59 bits per heavy atom. The van der Waals surface area contributed by atoms with Crippen molar-refractivity contribution in [2.45, 2.75) is 35.6 Å². The minimum Gasteiger partial charge on any atom is -0.508 e. The highest BCUT2D eigenvalue weighted by molar-refractivity contribution is 7.99. The zero-order valence-corrected chi connectivity index (χ0v) is 18.6. The van der Waals surface area contributed by atoms with E-state index in [1.165, 1.54) is 24.2 Å². The SMILES string of the molecule is O=C(NCc1ccccc1O)c1ccc2c(c1)N=C(N1CCCCC1)c1ccccc1S2. The van der Waals surface area contributed by atoms with Crippen LogP contribution in [0.3, 0.4) is 0 Å². The summed E-state index contributed by atoms with van der Waals surface area (Å²) in [6.07, 6.45) is 3.62. The number of amides is 1. The van der Waals surface area contributed by atoms with E-state index in [9.17, 15) is 9.90 Å². The number of para-hydroxylation sites is 1. The molecule has 0 bridgehead atoms. The second kappa shape index (κ2) is 9.09. The molecule has 1 fully saturated rings. The number of likely N-dealkylation sites (tertiary alicyclic amines) is 1. The first kappa shape index (κ1) is 20.6. The Morgan fingerprint density at radius 1 is 0.969 bits per heavy atom. The van der Waals surface area contributed by atoms with Gasteiger partial charge in [0.2, 0.25) is 0 Å². The highest BCUT2D eigenvalue weighted by Gasteiger charge is 2.23. The summed E-state index contributed by atoms with van der Waals surface area (Å²) in [4.78, 5) is 22.5. The summed E-state index contributed by atoms with van der Waals surface area (Å²) in [5, 5.41) is 12.9. The molecule has 32 heavy (non-hydrogen) atoms. The first-order valence-electron chi connectivity index (χ1n) is 11.0. The predicted octanol–water partition coefficient (Wildman–Crippen LogP) is 5.35. The Kier molecular flexibility index (Phi) is 5.86. The van der Waals surface area contributed by atoms with Crippen molar-refractivity contribution in [3.63, 3.8) is 0 Å². The molecule has 0 radical (unpaired) electrons. The average Bonchev–Trinajstić information content (AvgIpc) is 3.00. The van der Waals surface area contributed by atoms with Crippen LogP contribution in [0.1, 0.15) is 40.7 Å². The standard InChI is InChI=1S/C26H25N3O2S/c30-22-10-4-2-8-19(22)17-27-26(31)18-12-13-24-21(16-18)28-25(29-14-6-1-7-15-29)20-9-3-5-11-23(20)32-24/h2-5,8-13,16,30H,1,6-7,14-15,17H2,(H,27,31). The number of carbonyl (C=O) groups excluding carboxylic acids is 1. The first-order chi connectivity index (χ1) is 15.7. The normalized spacial score (nSPS) is 15.2. The summed E-state index contributed by atoms with van der Waals surface area (Å²) in [6, 6.07) is 21.1. The van der Waals surface area contributed by atoms with Gasteiger partial charge >= 0.3 is 0 Å². The Labute approximate surface area is 192 Å². The number of aromatic hydroxyl groups is 1. The van der Waals surface area contributed by atoms with Gasteiger partial charge in [0.25, 0.3) is 5.91 Å². The van der Waals surface area contributed by atoms with Gasteiger partial charge in [-0.05, 0) is 49.6 Å². The molecule has 2 aliphatic rings. The Balaban J connectivity index is 1.45. The second-order valence-electron chi connectivity index (χ2n) is 8.08. The number of piperidine rings is 1. The van der Waals surface area contributed by atoms with E-state index >= 15 is 0 Å². The van der Waals surface area contributed by atoms with E-state index in [1.54, 1.807) is 30.0 Å². The number of phenolic OH excluding ortho intramolecular Hbond substituents is 1. The number of nitrogens with zero attached hydrogens (tertiary/aromatic N) is 2. The van der Waals surface area contributed by atoms with Gasteiger partial charge in [0.15, 0.2) is 0 Å². The highest BCUT2D eigenvalue weighted by atomic mass is 32.2. The van der Waals surface area contributed by atoms with Crippen LogP contribution >= 0.6 is 11.8 Å². The fourth-order valence-corrected chi connectivity index (χ4v) is 5.15. The fourth-order valence-electron chi connectivity index (χ4n) is 4.15. The largest absolute Gasteiger partial charge is 0.508 e. The summed E-state index contributed by atoms with van der Waals surface area (Å²) < 4.78 is 0. The monoisotopic (exact) mass is 443 g/mol. The summed E-state index contributed by atoms with van der Waals surface area (Å²) in [6.45, 7) is 2.28. The lowest BCUT2D eigenvalue weighted by atomic mass is 10.1. The molecule has 0 saturated carbocycles. The molecule has 0 aromatic heterocycles. The third kappa shape index (κ3) is 4.23. The molecule has 2 heterocycles. The van der Waals surface area contributed by atoms with E-state index in [4.69, 9.17) is 4.99 Å². The van der Waals surface area contributed by atoms with E-state index in [0.29, 0.717) is 11.1 Å². The van der Waals surface area contributed by atoms with Crippen molar-refractivity contribution in [1.29, 1.82) is 0 Å². The van der Waals surface area contributed by atoms with Crippen LogP contribution in [-0.2, 0) is 6.54 Å². The molecular formula is C26H25N3O2S. The summed E-state index contributed by atoms with van der Waals surface area (Å²) in [5.74, 6) is 0.996. The smallest absolute Gasteiger partial charge is 0.251 e. The van der Waals surface area contributed by atoms with Gasteiger partial charge in [-0.3, -0.25) is 4.79 Å². The molecule has 5 rings (SSSR count). The molecular weight excluding hydrogens is 418 g/mol. The topological polar surface area (TPSA) is 64.9 Å². The van der Waals surface area contributed by atoms with Crippen LogP contribution in [0.2, 0.25) is 0 Å². The van der Waals surface area contributed by atoms with Gasteiger partial charge in [-0.2, -0.15) is 0 Å². The van der Waals surface area contributed by atoms with E-state index in [1.807, 2.05) is 24.3 Å². The lowest BCUT2D eigenvalue weighted by Crippen LogP contribution is -2.36. The van der Waals surface area contributed by atoms with Crippen molar-refractivity contribution in [2.24, 2.45) is 4.99 Å². The molecule has 0 spiro atoms. The number of carbonyl (C=O) groups is 1. The number of amidine groups is 1. The average molecular weight is 444 g/mol. The van der Waals surface area contributed by atoms with Gasteiger partial charge in [-0.1, -0.05) is 48.2 Å². The molecule has 1 amide bonds. The maximum atomic E-state index is 12.8. The van der Waals surface area contributed by atoms with E-state index < -0.39 is 0 Å². The molecule has 0 unspecified atom stereocenters. The van der Waals surface area contributed by atoms with Crippen molar-refractivity contribution in [3.8, 4) is 5.75 Å². The Hall–Kier alpha value is -3.25. The molecule has 2 N–H and O–H groups in total. The van der Waals surface area contributed by atoms with Crippen LogP contribution in [0.15, 0.2) is 81.5 Å². The third-order valence-corrected chi connectivity index (χ3v) is 7.02. The zero-order valence-electron chi connectivity index (χ0n) is 17.8. The van der Waals surface area contributed by atoms with Gasteiger partial charge in [-0.25, -0.2) is 4.99 Å². The fraction of sp³-hybridized carbons (Fsp3) is 0.231. The van der Waals surface area contributed by atoms with Crippen LogP contribution in [0.5, 0.6) is 5.75 Å². The molecule has 2 aliphatic heterocycles. The molecule has 0 aliphatic carbocycles. The summed E-state index contributed by atoms with van der Waals surface area (Å²) >= 11 is 1.70. The number of nitrogens with one attached hydrogen (secondary N) is 1. The van der Waals surface area contributed by atoms with Crippen molar-refractivity contribution < 1.29 is 9.90 Å². The minimum absolute atomic E-state index is 0.180. The number of phenols is 1. The number of rotatable bonds is 3. The van der Waals surface area contributed by atoms with Gasteiger partial charge in [0.1, 0.15) is 11.6 Å². The Bertz CT molecular complexity index is 1190. The van der Waals surface area contributed by atoms with Crippen LogP contribution < -0.4 is 5.32 Å². The van der Waals surface area contributed by atoms with E-state index in [-0.39, 0.29) is 18.2 Å². The van der Waals surface area contributed by atoms with Crippen molar-refractivity contribution >= 4 is 29.2 Å². The van der Waals surface area contributed by atoms with Gasteiger partial charge < -0.3 is 15.3 Å². The quantitative estimate of drug-likeness (QED) is 0.573. The van der Waals surface area contributed by atoms with Crippen molar-refractivity contribution in [1.82, 2.24) is 10.2 Å². The van der Waals surface area contributed by atoms with Crippen molar-refractivity contribution in [3.05, 3.63) is 83.4 Å². The highest BCUT2D eigenvalue weighted by Crippen LogP contribution is 2.41. The maximum absolute atomic E-state index is 12.8. The molecule has 3 aromatic carbocycles. The third-order valence-electron chi connectivity index (χ3n) is 5.88. The first-order valence-corrected chi connectivity index (χ1v) is 11.8. The number of benzene rings is 3. The van der Waals surface area contributed by atoms with Crippen LogP contribution in [0.25, 0.3) is 0 Å². The van der Waals surface area contributed by atoms with Gasteiger partial charge in [0, 0.05) is 46.1 Å². The number of fused-ring (bicyclic) bond motifs is 2. The molecule has 1 saturated heterocycles. The minimum atomic E-state index is -0.183. The van der Waals surface area contributed by atoms with Crippen molar-refractivity contribution in [2.75, 3.05) is 13.1 Å². The molecule has 5 nitrogen and oxygen atoms in total. The van der Waals surface area contributed by atoms with Crippen LogP contribution in [0.4, 0.5) is 5.69 Å². The summed E-state index contributed by atoms with van der Waals surface area (Å²) in [7, 11) is 0. The Morgan fingerprint density at radius 2 is 1.75 bits per heavy atom. The zero-order chi connectivity index (χ0) is 21.9. The second-order valence-corrected chi connectivity index (χ2v) is 9.16. The van der Waals surface area contributed by atoms with Gasteiger partial charge in [-0.15, -0.1) is 0 Å². The van der Waals surface area contributed by atoms with Crippen LogP contribution in [0, 0.1) is 0 Å². The molecule has 3 aromatic rings. The van der Waals surface area contributed by atoms with E-state index in [0.717, 1.165) is 35.1 Å². The maximum Gasteiger partial charge on any atom is 0.251 e. The van der Waals surface area contributed by atoms with E-state index in [2.05, 4.69) is 34.5 Å². The number of hydrogen-bond acceptors (Lipinski definition) is 5. The predicted molar refractivity (Wildman–Crippen MR) is 128 cm³/mol. The number of hydrogen-bond donors (Lipinski definition) is 2. The molecule has 6 heteroatoms. The molecule has 162 valence electrons. The molecule has 0 atom stereocenters. The van der Waals surface area contributed by atoms with Gasteiger partial charge in [0.05, 0.1) is 5.69 Å².